The molecule has 27 heavy (non-hydrogen) atoms. The first kappa shape index (κ1) is 16.9. The molecule has 4 rings (SSSR count). The van der Waals surface area contributed by atoms with Crippen LogP contribution in [0.3, 0.4) is 0 Å². The van der Waals surface area contributed by atoms with Crippen LogP contribution in [0.2, 0.25) is 0 Å². The molecule has 0 atom stereocenters. The van der Waals surface area contributed by atoms with E-state index < -0.39 is 0 Å². The third kappa shape index (κ3) is 4.01. The molecule has 0 heterocycles. The molecule has 1 N–H and O–H groups in total. The molecule has 4 aromatic carbocycles. The van der Waals surface area contributed by atoms with Crippen LogP contribution in [-0.4, -0.2) is 6.73 Å². The number of ether oxygens (including phenoxy) is 1. The lowest BCUT2D eigenvalue weighted by Crippen LogP contribution is -2.10. The van der Waals surface area contributed by atoms with E-state index in [1.807, 2.05) is 48.5 Å². The summed E-state index contributed by atoms with van der Waals surface area (Å²) < 4.78 is 6.08. The van der Waals surface area contributed by atoms with Gasteiger partial charge in [0.1, 0.15) is 5.75 Å². The fourth-order valence-electron chi connectivity index (χ4n) is 3.15. The SMILES string of the molecule is c1ccc(-c2ccccc2NCOc2ccccc2-c2ccccc2)cc1. The van der Waals surface area contributed by atoms with Gasteiger partial charge in [-0.1, -0.05) is 97.1 Å². The standard InChI is InChI=1S/C25H21NO/c1-3-11-20(12-4-1)22-15-7-9-17-24(22)26-19-27-25-18-10-8-16-23(25)21-13-5-2-6-14-21/h1-18,26H,19H2. The Balaban J connectivity index is 1.51. The van der Waals surface area contributed by atoms with E-state index in [1.165, 1.54) is 5.56 Å². The molecule has 0 aliphatic rings. The van der Waals surface area contributed by atoms with E-state index in [9.17, 15) is 0 Å². The predicted molar refractivity (Wildman–Crippen MR) is 113 cm³/mol. The van der Waals surface area contributed by atoms with E-state index in [0.29, 0.717) is 6.73 Å². The Bertz CT molecular complexity index is 914. The molecule has 2 heteroatoms. The van der Waals surface area contributed by atoms with E-state index >= 15 is 0 Å². The number of rotatable bonds is 6. The highest BCUT2D eigenvalue weighted by Gasteiger charge is 2.07. The second kappa shape index (κ2) is 8.24. The van der Waals surface area contributed by atoms with Gasteiger partial charge in [0.2, 0.25) is 0 Å². The van der Waals surface area contributed by atoms with E-state index in [-0.39, 0.29) is 0 Å². The molecule has 0 unspecified atom stereocenters. The number of anilines is 1. The first-order valence-corrected chi connectivity index (χ1v) is 9.07. The highest BCUT2D eigenvalue weighted by atomic mass is 16.5. The van der Waals surface area contributed by atoms with Crippen molar-refractivity contribution in [3.8, 4) is 28.0 Å². The molecule has 132 valence electrons. The molecule has 0 radical (unpaired) electrons. The molecule has 0 aliphatic heterocycles. The summed E-state index contributed by atoms with van der Waals surface area (Å²) in [5.41, 5.74) is 5.65. The summed E-state index contributed by atoms with van der Waals surface area (Å²) in [6, 6.07) is 37.1. The van der Waals surface area contributed by atoms with Crippen molar-refractivity contribution in [2.24, 2.45) is 0 Å². The van der Waals surface area contributed by atoms with Crippen molar-refractivity contribution in [1.29, 1.82) is 0 Å². The third-order valence-corrected chi connectivity index (χ3v) is 4.47. The maximum atomic E-state index is 6.08. The summed E-state index contributed by atoms with van der Waals surface area (Å²) in [6.45, 7) is 0.397. The van der Waals surface area contributed by atoms with Crippen molar-refractivity contribution >= 4 is 5.69 Å². The monoisotopic (exact) mass is 351 g/mol. The molecular formula is C25H21NO. The van der Waals surface area contributed by atoms with Crippen LogP contribution in [-0.2, 0) is 0 Å². The number of para-hydroxylation sites is 2. The van der Waals surface area contributed by atoms with Gasteiger partial charge in [-0.2, -0.15) is 0 Å². The molecule has 0 saturated heterocycles. The van der Waals surface area contributed by atoms with Gasteiger partial charge in [0.05, 0.1) is 0 Å². The Morgan fingerprint density at radius 3 is 1.74 bits per heavy atom. The van der Waals surface area contributed by atoms with Crippen LogP contribution in [0.1, 0.15) is 0 Å². The number of hydrogen-bond acceptors (Lipinski definition) is 2. The van der Waals surface area contributed by atoms with Crippen LogP contribution < -0.4 is 10.1 Å². The normalized spacial score (nSPS) is 10.4. The maximum absolute atomic E-state index is 6.08. The second-order valence-electron chi connectivity index (χ2n) is 6.24. The zero-order chi connectivity index (χ0) is 18.3. The second-order valence-corrected chi connectivity index (χ2v) is 6.24. The predicted octanol–water partition coefficient (Wildman–Crippen LogP) is 6.47. The van der Waals surface area contributed by atoms with Crippen LogP contribution in [0.4, 0.5) is 5.69 Å². The van der Waals surface area contributed by atoms with Gasteiger partial charge in [0.25, 0.3) is 0 Å². The Labute approximate surface area is 160 Å². The average Bonchev–Trinajstić information content (AvgIpc) is 2.76. The van der Waals surface area contributed by atoms with Crippen molar-refractivity contribution in [2.75, 3.05) is 12.0 Å². The van der Waals surface area contributed by atoms with Gasteiger partial charge < -0.3 is 10.1 Å². The van der Waals surface area contributed by atoms with Gasteiger partial charge in [0.15, 0.2) is 6.73 Å². The summed E-state index contributed by atoms with van der Waals surface area (Å²) in [6.07, 6.45) is 0. The molecule has 2 nitrogen and oxygen atoms in total. The largest absolute Gasteiger partial charge is 0.473 e. The minimum atomic E-state index is 0.397. The van der Waals surface area contributed by atoms with Gasteiger partial charge in [-0.05, 0) is 23.3 Å². The molecule has 4 aromatic rings. The summed E-state index contributed by atoms with van der Waals surface area (Å²) in [5, 5.41) is 3.42. The van der Waals surface area contributed by atoms with E-state index in [2.05, 4.69) is 66.0 Å². The minimum Gasteiger partial charge on any atom is -0.473 e. The lowest BCUT2D eigenvalue weighted by atomic mass is 10.0. The van der Waals surface area contributed by atoms with Gasteiger partial charge in [-0.25, -0.2) is 0 Å². The smallest absolute Gasteiger partial charge is 0.159 e. The van der Waals surface area contributed by atoms with Gasteiger partial charge in [0, 0.05) is 16.8 Å². The summed E-state index contributed by atoms with van der Waals surface area (Å²) in [7, 11) is 0. The Morgan fingerprint density at radius 1 is 0.519 bits per heavy atom. The minimum absolute atomic E-state index is 0.397. The Kier molecular flexibility index (Phi) is 5.16. The molecule has 0 spiro atoms. The first-order chi connectivity index (χ1) is 13.4. The summed E-state index contributed by atoms with van der Waals surface area (Å²) >= 11 is 0. The van der Waals surface area contributed by atoms with Crippen molar-refractivity contribution in [1.82, 2.24) is 0 Å². The number of hydrogen-bond donors (Lipinski definition) is 1. The van der Waals surface area contributed by atoms with Crippen molar-refractivity contribution in [3.05, 3.63) is 109 Å². The van der Waals surface area contributed by atoms with Crippen LogP contribution in [0.5, 0.6) is 5.75 Å². The first-order valence-electron chi connectivity index (χ1n) is 9.07. The summed E-state index contributed by atoms with van der Waals surface area (Å²) in [5.74, 6) is 0.869. The van der Waals surface area contributed by atoms with E-state index in [0.717, 1.165) is 28.1 Å². The lowest BCUT2D eigenvalue weighted by Gasteiger charge is -2.15. The van der Waals surface area contributed by atoms with Gasteiger partial charge in [-0.3, -0.25) is 0 Å². The molecule has 0 saturated carbocycles. The lowest BCUT2D eigenvalue weighted by molar-refractivity contribution is 0.348. The van der Waals surface area contributed by atoms with Crippen LogP contribution in [0.25, 0.3) is 22.3 Å². The van der Waals surface area contributed by atoms with E-state index in [1.54, 1.807) is 0 Å². The molecule has 0 aliphatic carbocycles. The van der Waals surface area contributed by atoms with Gasteiger partial charge >= 0.3 is 0 Å². The highest BCUT2D eigenvalue weighted by Crippen LogP contribution is 2.30. The molecule has 0 fully saturated rings. The van der Waals surface area contributed by atoms with Crippen molar-refractivity contribution in [2.45, 2.75) is 0 Å². The van der Waals surface area contributed by atoms with Crippen molar-refractivity contribution in [3.63, 3.8) is 0 Å². The molecule has 0 amide bonds. The van der Waals surface area contributed by atoms with Crippen LogP contribution in [0.15, 0.2) is 109 Å². The quantitative estimate of drug-likeness (QED) is 0.402. The molecule has 0 bridgehead atoms. The summed E-state index contributed by atoms with van der Waals surface area (Å²) in [4.78, 5) is 0. The third-order valence-electron chi connectivity index (χ3n) is 4.47. The highest BCUT2D eigenvalue weighted by molar-refractivity contribution is 5.77. The molecular weight excluding hydrogens is 330 g/mol. The Hall–Kier alpha value is -3.52. The topological polar surface area (TPSA) is 21.3 Å². The Morgan fingerprint density at radius 2 is 1.04 bits per heavy atom. The zero-order valence-electron chi connectivity index (χ0n) is 15.0. The van der Waals surface area contributed by atoms with Crippen molar-refractivity contribution < 1.29 is 4.74 Å². The zero-order valence-corrected chi connectivity index (χ0v) is 15.0. The van der Waals surface area contributed by atoms with Crippen LogP contribution in [0, 0.1) is 0 Å². The average molecular weight is 351 g/mol. The maximum Gasteiger partial charge on any atom is 0.159 e. The van der Waals surface area contributed by atoms with E-state index in [4.69, 9.17) is 4.74 Å². The van der Waals surface area contributed by atoms with Crippen LogP contribution >= 0.6 is 0 Å². The number of nitrogens with one attached hydrogen (secondary N) is 1. The fourth-order valence-corrected chi connectivity index (χ4v) is 3.15. The van der Waals surface area contributed by atoms with Gasteiger partial charge in [-0.15, -0.1) is 0 Å². The molecule has 0 aromatic heterocycles. The number of benzene rings is 4. The fraction of sp³-hybridized carbons (Fsp3) is 0.0400.